The normalized spacial score (nSPS) is 22.7. The van der Waals surface area contributed by atoms with E-state index in [0.29, 0.717) is 0 Å². The zero-order valence-electron chi connectivity index (χ0n) is 11.2. The van der Waals surface area contributed by atoms with Crippen LogP contribution >= 0.6 is 0 Å². The van der Waals surface area contributed by atoms with Gasteiger partial charge in [0.25, 0.3) is 0 Å². The van der Waals surface area contributed by atoms with Crippen molar-refractivity contribution in [2.75, 3.05) is 19.3 Å². The minimum atomic E-state index is -3.27. The van der Waals surface area contributed by atoms with E-state index < -0.39 is 20.6 Å². The Morgan fingerprint density at radius 2 is 1.94 bits per heavy atom. The third-order valence-electron chi connectivity index (χ3n) is 3.24. The van der Waals surface area contributed by atoms with E-state index in [-0.39, 0.29) is 31.3 Å². The quantitative estimate of drug-likeness (QED) is 0.756. The number of nitrogens with zero attached hydrogens (tertiary/aromatic N) is 1. The number of nitrogens with one attached hydrogen (secondary N) is 1. The zero-order valence-corrected chi connectivity index (χ0v) is 12.0. The Balaban J connectivity index is 2.89. The standard InChI is InChI=1S/C11H20N2O4S/c1-8-10(15)13(6-5-9(14)12-8)7-11(2,3)18(4,16)17/h8H,5-7H2,1-4H3,(H,12,14). The molecule has 0 spiro atoms. The summed E-state index contributed by atoms with van der Waals surface area (Å²) in [5.41, 5.74) is 0. The van der Waals surface area contributed by atoms with Crippen molar-refractivity contribution >= 4 is 21.7 Å². The molecule has 7 heteroatoms. The molecular formula is C11H20N2O4S. The van der Waals surface area contributed by atoms with Crippen LogP contribution in [0.25, 0.3) is 0 Å². The van der Waals surface area contributed by atoms with Gasteiger partial charge in [-0.2, -0.15) is 0 Å². The molecule has 0 bridgehead atoms. The zero-order chi connectivity index (χ0) is 14.1. The molecule has 1 aliphatic heterocycles. The molecular weight excluding hydrogens is 256 g/mol. The van der Waals surface area contributed by atoms with Crippen LogP contribution in [-0.4, -0.2) is 55.3 Å². The van der Waals surface area contributed by atoms with E-state index in [1.807, 2.05) is 0 Å². The first-order valence-electron chi connectivity index (χ1n) is 5.82. The predicted octanol–water partition coefficient (Wildman–Crippen LogP) is -0.453. The summed E-state index contributed by atoms with van der Waals surface area (Å²) < 4.78 is 22.3. The van der Waals surface area contributed by atoms with E-state index in [0.717, 1.165) is 6.26 Å². The fraction of sp³-hybridized carbons (Fsp3) is 0.818. The Morgan fingerprint density at radius 1 is 1.39 bits per heavy atom. The summed E-state index contributed by atoms with van der Waals surface area (Å²) in [7, 11) is -3.27. The van der Waals surface area contributed by atoms with E-state index in [1.165, 1.54) is 4.90 Å². The van der Waals surface area contributed by atoms with E-state index in [1.54, 1.807) is 20.8 Å². The molecule has 1 aliphatic rings. The highest BCUT2D eigenvalue weighted by atomic mass is 32.2. The van der Waals surface area contributed by atoms with Crippen molar-refractivity contribution in [3.63, 3.8) is 0 Å². The lowest BCUT2D eigenvalue weighted by Crippen LogP contribution is -2.50. The Hall–Kier alpha value is -1.11. The number of carbonyl (C=O) groups excluding carboxylic acids is 2. The van der Waals surface area contributed by atoms with Gasteiger partial charge in [0.1, 0.15) is 6.04 Å². The molecule has 1 rings (SSSR count). The van der Waals surface area contributed by atoms with Crippen molar-refractivity contribution in [1.82, 2.24) is 10.2 Å². The summed E-state index contributed by atoms with van der Waals surface area (Å²) >= 11 is 0. The van der Waals surface area contributed by atoms with Crippen molar-refractivity contribution in [1.29, 1.82) is 0 Å². The maximum absolute atomic E-state index is 12.0. The highest BCUT2D eigenvalue weighted by Crippen LogP contribution is 2.18. The van der Waals surface area contributed by atoms with E-state index in [2.05, 4.69) is 5.32 Å². The second kappa shape index (κ2) is 4.87. The lowest BCUT2D eigenvalue weighted by molar-refractivity contribution is -0.133. The van der Waals surface area contributed by atoms with Gasteiger partial charge in [-0.1, -0.05) is 0 Å². The number of hydrogen-bond donors (Lipinski definition) is 1. The summed E-state index contributed by atoms with van der Waals surface area (Å²) in [6, 6.07) is -0.602. The first-order valence-corrected chi connectivity index (χ1v) is 7.71. The topological polar surface area (TPSA) is 83.6 Å². The number of amides is 2. The molecule has 1 N–H and O–H groups in total. The van der Waals surface area contributed by atoms with E-state index >= 15 is 0 Å². The third kappa shape index (κ3) is 3.22. The Kier molecular flexibility index (Phi) is 4.05. The largest absolute Gasteiger partial charge is 0.345 e. The van der Waals surface area contributed by atoms with Crippen molar-refractivity contribution in [3.05, 3.63) is 0 Å². The molecule has 2 amide bonds. The van der Waals surface area contributed by atoms with Gasteiger partial charge in [-0.3, -0.25) is 9.59 Å². The third-order valence-corrected chi connectivity index (χ3v) is 5.38. The van der Waals surface area contributed by atoms with Crippen molar-refractivity contribution in [3.8, 4) is 0 Å². The molecule has 1 fully saturated rings. The molecule has 0 saturated carbocycles. The van der Waals surface area contributed by atoms with Gasteiger partial charge in [0, 0.05) is 25.8 Å². The van der Waals surface area contributed by atoms with Crippen molar-refractivity contribution in [2.24, 2.45) is 0 Å². The van der Waals surface area contributed by atoms with Gasteiger partial charge in [0.15, 0.2) is 9.84 Å². The number of hydrogen-bond acceptors (Lipinski definition) is 4. The second-order valence-corrected chi connectivity index (χ2v) is 7.98. The lowest BCUT2D eigenvalue weighted by Gasteiger charge is -2.31. The van der Waals surface area contributed by atoms with Crippen LogP contribution in [-0.2, 0) is 19.4 Å². The molecule has 1 heterocycles. The van der Waals surface area contributed by atoms with Gasteiger partial charge >= 0.3 is 0 Å². The first-order chi connectivity index (χ1) is 8.04. The van der Waals surface area contributed by atoms with E-state index in [9.17, 15) is 18.0 Å². The number of sulfone groups is 1. The Labute approximate surface area is 108 Å². The van der Waals surface area contributed by atoms with Gasteiger partial charge in [-0.25, -0.2) is 8.42 Å². The van der Waals surface area contributed by atoms with Crippen LogP contribution in [0.5, 0.6) is 0 Å². The molecule has 6 nitrogen and oxygen atoms in total. The van der Waals surface area contributed by atoms with Crippen LogP contribution in [0.2, 0.25) is 0 Å². The van der Waals surface area contributed by atoms with Crippen LogP contribution in [0.4, 0.5) is 0 Å². The van der Waals surface area contributed by atoms with Gasteiger partial charge in [0.2, 0.25) is 11.8 Å². The smallest absolute Gasteiger partial charge is 0.244 e. The fourth-order valence-corrected chi connectivity index (χ4v) is 2.12. The Morgan fingerprint density at radius 3 is 2.44 bits per heavy atom. The van der Waals surface area contributed by atoms with Gasteiger partial charge in [-0.05, 0) is 20.8 Å². The predicted molar refractivity (Wildman–Crippen MR) is 67.7 cm³/mol. The van der Waals surface area contributed by atoms with Gasteiger partial charge in [-0.15, -0.1) is 0 Å². The van der Waals surface area contributed by atoms with Crippen molar-refractivity contribution < 1.29 is 18.0 Å². The SMILES string of the molecule is CC1NC(=O)CCN(CC(C)(C)S(C)(=O)=O)C1=O. The van der Waals surface area contributed by atoms with Crippen LogP contribution in [0.15, 0.2) is 0 Å². The van der Waals surface area contributed by atoms with Crippen LogP contribution in [0.1, 0.15) is 27.2 Å². The molecule has 104 valence electrons. The molecule has 1 atom stereocenters. The molecule has 0 aromatic carbocycles. The molecule has 0 radical (unpaired) electrons. The summed E-state index contributed by atoms with van der Waals surface area (Å²) in [4.78, 5) is 24.8. The molecule has 1 saturated heterocycles. The highest BCUT2D eigenvalue weighted by molar-refractivity contribution is 7.92. The van der Waals surface area contributed by atoms with E-state index in [4.69, 9.17) is 0 Å². The second-order valence-electron chi connectivity index (χ2n) is 5.33. The minimum absolute atomic E-state index is 0.101. The molecule has 0 aliphatic carbocycles. The molecule has 18 heavy (non-hydrogen) atoms. The molecule has 0 aromatic rings. The summed E-state index contributed by atoms with van der Waals surface area (Å²) in [5, 5.41) is 2.57. The van der Waals surface area contributed by atoms with Gasteiger partial charge < -0.3 is 10.2 Å². The molecule has 0 aromatic heterocycles. The lowest BCUT2D eigenvalue weighted by atomic mass is 10.1. The first kappa shape index (κ1) is 14.9. The van der Waals surface area contributed by atoms with Crippen LogP contribution in [0.3, 0.4) is 0 Å². The average Bonchev–Trinajstić information content (AvgIpc) is 2.30. The fourth-order valence-electron chi connectivity index (χ4n) is 1.73. The summed E-state index contributed by atoms with van der Waals surface area (Å²) in [6.45, 7) is 5.13. The molecule has 1 unspecified atom stereocenters. The maximum atomic E-state index is 12.0. The maximum Gasteiger partial charge on any atom is 0.244 e. The van der Waals surface area contributed by atoms with Crippen LogP contribution in [0, 0.1) is 0 Å². The highest BCUT2D eigenvalue weighted by Gasteiger charge is 2.36. The number of carbonyl (C=O) groups is 2. The van der Waals surface area contributed by atoms with Gasteiger partial charge in [0.05, 0.1) is 4.75 Å². The Bertz CT molecular complexity index is 456. The average molecular weight is 276 g/mol. The summed E-state index contributed by atoms with van der Waals surface area (Å²) in [5.74, 6) is -0.423. The van der Waals surface area contributed by atoms with Crippen LogP contribution < -0.4 is 5.32 Å². The van der Waals surface area contributed by atoms with Crippen molar-refractivity contribution in [2.45, 2.75) is 38.0 Å². The summed E-state index contributed by atoms with van der Waals surface area (Å²) in [6.07, 6.45) is 1.36. The minimum Gasteiger partial charge on any atom is -0.345 e. The number of rotatable bonds is 3. The monoisotopic (exact) mass is 276 g/mol.